The van der Waals surface area contributed by atoms with Gasteiger partial charge in [-0.3, -0.25) is 4.79 Å². The number of nitrogens with zero attached hydrogens (tertiary/aromatic N) is 2. The van der Waals surface area contributed by atoms with Crippen molar-refractivity contribution in [3.05, 3.63) is 95.3 Å². The van der Waals surface area contributed by atoms with E-state index in [1.807, 2.05) is 37.3 Å². The molecule has 0 bridgehead atoms. The van der Waals surface area contributed by atoms with Crippen LogP contribution in [0, 0.1) is 11.7 Å². The molecule has 1 saturated heterocycles. The predicted octanol–water partition coefficient (Wildman–Crippen LogP) is 5.59. The van der Waals surface area contributed by atoms with Crippen LogP contribution in [0.15, 0.2) is 72.8 Å². The SMILES string of the molecule is CC(NC(=O)C1Cc2cc(C(F)(F)F)ccc2N2CCN(c3ccc(F)cc3)CC12)c1ccccc1. The van der Waals surface area contributed by atoms with Crippen LogP contribution < -0.4 is 15.1 Å². The van der Waals surface area contributed by atoms with Crippen LogP contribution in [0.4, 0.5) is 28.9 Å². The Kier molecular flexibility index (Phi) is 6.36. The molecule has 2 heterocycles. The second-order valence-corrected chi connectivity index (χ2v) is 9.48. The first kappa shape index (κ1) is 24.2. The third-order valence-electron chi connectivity index (χ3n) is 7.23. The summed E-state index contributed by atoms with van der Waals surface area (Å²) in [7, 11) is 0. The summed E-state index contributed by atoms with van der Waals surface area (Å²) in [5.41, 5.74) is 2.37. The van der Waals surface area contributed by atoms with Gasteiger partial charge in [0.1, 0.15) is 5.82 Å². The molecule has 2 aliphatic rings. The molecule has 2 aliphatic heterocycles. The zero-order valence-electron chi connectivity index (χ0n) is 19.8. The highest BCUT2D eigenvalue weighted by Gasteiger charge is 2.43. The van der Waals surface area contributed by atoms with Crippen molar-refractivity contribution in [2.75, 3.05) is 29.4 Å². The van der Waals surface area contributed by atoms with Crippen LogP contribution >= 0.6 is 0 Å². The fourth-order valence-corrected chi connectivity index (χ4v) is 5.33. The van der Waals surface area contributed by atoms with Crippen molar-refractivity contribution < 1.29 is 22.4 Å². The first-order chi connectivity index (χ1) is 17.2. The normalized spacial score (nSPS) is 20.4. The number of nitrogens with one attached hydrogen (secondary N) is 1. The van der Waals surface area contributed by atoms with E-state index in [4.69, 9.17) is 0 Å². The van der Waals surface area contributed by atoms with E-state index in [0.29, 0.717) is 25.2 Å². The van der Waals surface area contributed by atoms with Crippen LogP contribution in [0.1, 0.15) is 29.7 Å². The van der Waals surface area contributed by atoms with E-state index in [-0.39, 0.29) is 30.2 Å². The van der Waals surface area contributed by atoms with Crippen LogP contribution in [0.3, 0.4) is 0 Å². The van der Waals surface area contributed by atoms with Gasteiger partial charge in [0.05, 0.1) is 23.6 Å². The van der Waals surface area contributed by atoms with Gasteiger partial charge < -0.3 is 15.1 Å². The number of piperazine rings is 1. The molecule has 0 aliphatic carbocycles. The first-order valence-corrected chi connectivity index (χ1v) is 12.0. The minimum atomic E-state index is -4.45. The third-order valence-corrected chi connectivity index (χ3v) is 7.23. The van der Waals surface area contributed by atoms with Gasteiger partial charge in [0, 0.05) is 31.0 Å². The van der Waals surface area contributed by atoms with Crippen molar-refractivity contribution in [2.24, 2.45) is 5.92 Å². The standard InChI is InChI=1S/C28H27F4N3O/c1-18(19-5-3-2-4-6-19)33-27(36)24-16-20-15-21(28(30,31)32)7-12-25(20)35-14-13-34(17-26(24)35)23-10-8-22(29)9-11-23/h2-12,15,18,24,26H,13-14,16-17H2,1H3,(H,33,36). The molecule has 3 aromatic carbocycles. The monoisotopic (exact) mass is 497 g/mol. The highest BCUT2D eigenvalue weighted by Crippen LogP contribution is 2.40. The van der Waals surface area contributed by atoms with E-state index in [2.05, 4.69) is 15.1 Å². The van der Waals surface area contributed by atoms with Crippen LogP contribution in [0.2, 0.25) is 0 Å². The number of amides is 1. The van der Waals surface area contributed by atoms with Crippen molar-refractivity contribution in [1.29, 1.82) is 0 Å². The number of fused-ring (bicyclic) bond motifs is 3. The van der Waals surface area contributed by atoms with E-state index in [9.17, 15) is 22.4 Å². The molecule has 0 spiro atoms. The zero-order chi connectivity index (χ0) is 25.4. The van der Waals surface area contributed by atoms with Crippen LogP contribution in [0.25, 0.3) is 0 Å². The smallest absolute Gasteiger partial charge is 0.368 e. The van der Waals surface area contributed by atoms with Gasteiger partial charge in [-0.2, -0.15) is 13.2 Å². The maximum Gasteiger partial charge on any atom is 0.416 e. The second kappa shape index (κ2) is 9.48. The van der Waals surface area contributed by atoms with Crippen LogP contribution in [-0.2, 0) is 17.4 Å². The number of carbonyl (C=O) groups excluding carboxylic acids is 1. The molecule has 0 aromatic heterocycles. The Morgan fingerprint density at radius 3 is 2.42 bits per heavy atom. The maximum absolute atomic E-state index is 13.6. The number of anilines is 2. The van der Waals surface area contributed by atoms with Crippen LogP contribution in [0.5, 0.6) is 0 Å². The predicted molar refractivity (Wildman–Crippen MR) is 131 cm³/mol. The number of halogens is 4. The van der Waals surface area contributed by atoms with Gasteiger partial charge in [-0.05, 0) is 66.9 Å². The molecule has 1 N–H and O–H groups in total. The van der Waals surface area contributed by atoms with Gasteiger partial charge in [-0.15, -0.1) is 0 Å². The average molecular weight is 498 g/mol. The number of benzene rings is 3. The largest absolute Gasteiger partial charge is 0.416 e. The topological polar surface area (TPSA) is 35.6 Å². The Hall–Kier alpha value is -3.55. The van der Waals surface area contributed by atoms with Gasteiger partial charge in [-0.25, -0.2) is 4.39 Å². The van der Waals surface area contributed by atoms with Gasteiger partial charge in [0.2, 0.25) is 5.91 Å². The average Bonchev–Trinajstić information content (AvgIpc) is 2.88. The van der Waals surface area contributed by atoms with Crippen LogP contribution in [-0.4, -0.2) is 31.6 Å². The fraction of sp³-hybridized carbons (Fsp3) is 0.321. The molecule has 3 aromatic rings. The summed E-state index contributed by atoms with van der Waals surface area (Å²) in [6, 6.07) is 19.1. The number of hydrogen-bond donors (Lipinski definition) is 1. The molecular formula is C28H27F4N3O. The lowest BCUT2D eigenvalue weighted by Gasteiger charge is -2.50. The number of carbonyl (C=O) groups is 1. The van der Waals surface area contributed by atoms with E-state index in [1.165, 1.54) is 24.3 Å². The van der Waals surface area contributed by atoms with Crippen molar-refractivity contribution in [3.8, 4) is 0 Å². The summed E-state index contributed by atoms with van der Waals surface area (Å²) >= 11 is 0. The molecule has 36 heavy (non-hydrogen) atoms. The minimum Gasteiger partial charge on any atom is -0.368 e. The Morgan fingerprint density at radius 1 is 1.00 bits per heavy atom. The minimum absolute atomic E-state index is 0.189. The number of rotatable bonds is 4. The highest BCUT2D eigenvalue weighted by molar-refractivity contribution is 5.83. The molecule has 1 fully saturated rings. The summed E-state index contributed by atoms with van der Waals surface area (Å²) in [6.45, 7) is 3.55. The van der Waals surface area contributed by atoms with Gasteiger partial charge in [-0.1, -0.05) is 30.3 Å². The van der Waals surface area contributed by atoms with E-state index >= 15 is 0 Å². The number of hydrogen-bond acceptors (Lipinski definition) is 3. The molecular weight excluding hydrogens is 470 g/mol. The van der Waals surface area contributed by atoms with E-state index < -0.39 is 17.7 Å². The van der Waals surface area contributed by atoms with E-state index in [1.54, 1.807) is 12.1 Å². The lowest BCUT2D eigenvalue weighted by molar-refractivity contribution is -0.137. The molecule has 3 unspecified atom stereocenters. The Labute approximate surface area is 207 Å². The summed E-state index contributed by atoms with van der Waals surface area (Å²) in [4.78, 5) is 17.8. The molecule has 188 valence electrons. The summed E-state index contributed by atoms with van der Waals surface area (Å²) in [6.07, 6.45) is -4.24. The Bertz CT molecular complexity index is 1230. The molecule has 0 radical (unpaired) electrons. The first-order valence-electron chi connectivity index (χ1n) is 12.0. The molecule has 8 heteroatoms. The maximum atomic E-state index is 13.6. The zero-order valence-corrected chi connectivity index (χ0v) is 19.8. The van der Waals surface area contributed by atoms with Crippen molar-refractivity contribution in [3.63, 3.8) is 0 Å². The number of alkyl halides is 3. The lowest BCUT2D eigenvalue weighted by Crippen LogP contribution is -2.61. The molecule has 1 amide bonds. The summed E-state index contributed by atoms with van der Waals surface area (Å²) < 4.78 is 53.8. The van der Waals surface area contributed by atoms with Crippen molar-refractivity contribution in [1.82, 2.24) is 5.32 Å². The van der Waals surface area contributed by atoms with Crippen molar-refractivity contribution in [2.45, 2.75) is 31.6 Å². The fourth-order valence-electron chi connectivity index (χ4n) is 5.33. The van der Waals surface area contributed by atoms with E-state index in [0.717, 1.165) is 23.0 Å². The summed E-state index contributed by atoms with van der Waals surface area (Å²) in [5.74, 6) is -1.06. The quantitative estimate of drug-likeness (QED) is 0.478. The highest BCUT2D eigenvalue weighted by atomic mass is 19.4. The van der Waals surface area contributed by atoms with Gasteiger partial charge in [0.25, 0.3) is 0 Å². The van der Waals surface area contributed by atoms with Gasteiger partial charge >= 0.3 is 6.18 Å². The molecule has 0 saturated carbocycles. The lowest BCUT2D eigenvalue weighted by atomic mass is 9.82. The third kappa shape index (κ3) is 4.76. The molecule has 4 nitrogen and oxygen atoms in total. The van der Waals surface area contributed by atoms with Gasteiger partial charge in [0.15, 0.2) is 0 Å². The Morgan fingerprint density at radius 2 is 1.72 bits per heavy atom. The second-order valence-electron chi connectivity index (χ2n) is 9.48. The summed E-state index contributed by atoms with van der Waals surface area (Å²) in [5, 5.41) is 3.08. The molecule has 5 rings (SSSR count). The Balaban J connectivity index is 1.46. The molecule has 3 atom stereocenters. The van der Waals surface area contributed by atoms with Crippen molar-refractivity contribution >= 4 is 17.3 Å².